The zero-order valence-corrected chi connectivity index (χ0v) is 11.0. The molecule has 0 saturated carbocycles. The maximum absolute atomic E-state index is 5.71. The van der Waals surface area contributed by atoms with Crippen LogP contribution in [-0.2, 0) is 0 Å². The van der Waals surface area contributed by atoms with Gasteiger partial charge in [-0.3, -0.25) is 0 Å². The minimum Gasteiger partial charge on any atom is -0.368 e. The molecule has 0 aliphatic rings. The van der Waals surface area contributed by atoms with E-state index in [2.05, 4.69) is 48.2 Å². The number of aromatic nitrogens is 2. The van der Waals surface area contributed by atoms with E-state index in [4.69, 9.17) is 5.73 Å². The van der Waals surface area contributed by atoms with E-state index in [9.17, 15) is 0 Å². The van der Waals surface area contributed by atoms with Crippen LogP contribution in [0, 0.1) is 6.92 Å². The molecule has 1 heterocycles. The molecule has 0 bridgehead atoms. The van der Waals surface area contributed by atoms with Gasteiger partial charge in [0.2, 0.25) is 5.95 Å². The Bertz CT molecular complexity index is 550. The number of benzene rings is 1. The molecular formula is C14H18N4. The van der Waals surface area contributed by atoms with Gasteiger partial charge in [0, 0.05) is 0 Å². The van der Waals surface area contributed by atoms with Crippen LogP contribution in [0.3, 0.4) is 0 Å². The molecule has 0 aliphatic carbocycles. The Labute approximate surface area is 107 Å². The van der Waals surface area contributed by atoms with Crippen molar-refractivity contribution >= 4 is 12.2 Å². The van der Waals surface area contributed by atoms with Gasteiger partial charge in [-0.05, 0) is 24.0 Å². The highest BCUT2D eigenvalue weighted by atomic mass is 15.4. The lowest BCUT2D eigenvalue weighted by molar-refractivity contribution is 0.866. The highest BCUT2D eigenvalue weighted by Gasteiger charge is 1.99. The molecule has 0 radical (unpaired) electrons. The fourth-order valence-corrected chi connectivity index (χ4v) is 1.69. The Morgan fingerprint density at radius 1 is 1.28 bits per heavy atom. The number of aryl methyl sites for hydroxylation is 1. The van der Waals surface area contributed by atoms with Crippen molar-refractivity contribution in [2.45, 2.75) is 26.7 Å². The first-order valence-electron chi connectivity index (χ1n) is 6.02. The second-order valence-corrected chi connectivity index (χ2v) is 4.65. The highest BCUT2D eigenvalue weighted by molar-refractivity contribution is 5.79. The van der Waals surface area contributed by atoms with Crippen LogP contribution in [0.2, 0.25) is 0 Å². The lowest BCUT2D eigenvalue weighted by atomic mass is 10.0. The Kier molecular flexibility index (Phi) is 3.46. The van der Waals surface area contributed by atoms with Crippen molar-refractivity contribution in [1.29, 1.82) is 0 Å². The first kappa shape index (κ1) is 12.4. The van der Waals surface area contributed by atoms with Crippen LogP contribution in [0.15, 0.2) is 35.6 Å². The molecule has 2 N–H and O–H groups in total. The summed E-state index contributed by atoms with van der Waals surface area (Å²) in [5, 5.41) is 4.28. The number of imidazole rings is 1. The first-order chi connectivity index (χ1) is 8.56. The minimum absolute atomic E-state index is 0.405. The fraction of sp³-hybridized carbons (Fsp3) is 0.286. The van der Waals surface area contributed by atoms with Gasteiger partial charge in [-0.1, -0.05) is 38.1 Å². The molecule has 0 spiro atoms. The Balaban J connectivity index is 2.16. The van der Waals surface area contributed by atoms with Gasteiger partial charge in [-0.15, -0.1) is 0 Å². The molecule has 0 saturated heterocycles. The molecule has 1 aromatic heterocycles. The van der Waals surface area contributed by atoms with Crippen molar-refractivity contribution in [3.05, 3.63) is 47.3 Å². The van der Waals surface area contributed by atoms with Crippen molar-refractivity contribution < 1.29 is 0 Å². The van der Waals surface area contributed by atoms with E-state index in [0.29, 0.717) is 11.9 Å². The molecule has 4 heteroatoms. The molecule has 2 rings (SSSR count). The summed E-state index contributed by atoms with van der Waals surface area (Å²) < 4.78 is 1.58. The molecule has 0 aliphatic heterocycles. The maximum Gasteiger partial charge on any atom is 0.221 e. The Hall–Kier alpha value is -2.10. The van der Waals surface area contributed by atoms with E-state index in [1.54, 1.807) is 17.1 Å². The SMILES string of the molecule is Cc1cn(N=Cc2ccc(C(C)C)cc2)c(N)n1. The smallest absolute Gasteiger partial charge is 0.221 e. The van der Waals surface area contributed by atoms with Gasteiger partial charge in [-0.2, -0.15) is 5.10 Å². The summed E-state index contributed by atoms with van der Waals surface area (Å²) in [5.41, 5.74) is 8.94. The number of hydrogen-bond donors (Lipinski definition) is 1. The van der Waals surface area contributed by atoms with Crippen molar-refractivity contribution in [1.82, 2.24) is 9.66 Å². The maximum atomic E-state index is 5.71. The van der Waals surface area contributed by atoms with Gasteiger partial charge in [0.15, 0.2) is 0 Å². The van der Waals surface area contributed by atoms with Crippen molar-refractivity contribution in [2.75, 3.05) is 5.73 Å². The van der Waals surface area contributed by atoms with Gasteiger partial charge in [0.25, 0.3) is 0 Å². The second-order valence-electron chi connectivity index (χ2n) is 4.65. The molecule has 0 fully saturated rings. The van der Waals surface area contributed by atoms with E-state index < -0.39 is 0 Å². The number of nitrogen functional groups attached to an aromatic ring is 1. The number of nitrogens with two attached hydrogens (primary N) is 1. The highest BCUT2D eigenvalue weighted by Crippen LogP contribution is 2.14. The van der Waals surface area contributed by atoms with Crippen LogP contribution in [-0.4, -0.2) is 15.9 Å². The van der Waals surface area contributed by atoms with Gasteiger partial charge >= 0.3 is 0 Å². The second kappa shape index (κ2) is 5.04. The average molecular weight is 242 g/mol. The number of nitrogens with zero attached hydrogens (tertiary/aromatic N) is 3. The van der Waals surface area contributed by atoms with E-state index in [-0.39, 0.29) is 0 Å². The lowest BCUT2D eigenvalue weighted by Crippen LogP contribution is -1.97. The van der Waals surface area contributed by atoms with E-state index in [1.165, 1.54) is 5.56 Å². The molecule has 0 amide bonds. The third kappa shape index (κ3) is 2.77. The van der Waals surface area contributed by atoms with Gasteiger partial charge in [0.05, 0.1) is 18.1 Å². The molecule has 94 valence electrons. The largest absolute Gasteiger partial charge is 0.368 e. The van der Waals surface area contributed by atoms with Crippen LogP contribution in [0.25, 0.3) is 0 Å². The lowest BCUT2D eigenvalue weighted by Gasteiger charge is -2.04. The quantitative estimate of drug-likeness (QED) is 0.841. The van der Waals surface area contributed by atoms with Crippen molar-refractivity contribution in [3.63, 3.8) is 0 Å². The number of anilines is 1. The first-order valence-corrected chi connectivity index (χ1v) is 6.02. The molecule has 4 nitrogen and oxygen atoms in total. The number of hydrogen-bond acceptors (Lipinski definition) is 3. The summed E-state index contributed by atoms with van der Waals surface area (Å²) >= 11 is 0. The molecule has 2 aromatic rings. The van der Waals surface area contributed by atoms with Crippen LogP contribution in [0.5, 0.6) is 0 Å². The van der Waals surface area contributed by atoms with Crippen LogP contribution >= 0.6 is 0 Å². The summed E-state index contributed by atoms with van der Waals surface area (Å²) in [6, 6.07) is 8.35. The molecule has 0 unspecified atom stereocenters. The van der Waals surface area contributed by atoms with Crippen molar-refractivity contribution in [2.24, 2.45) is 5.10 Å². The predicted octanol–water partition coefficient (Wildman–Crippen LogP) is 2.78. The van der Waals surface area contributed by atoms with E-state index in [1.807, 2.05) is 6.92 Å². The molecular weight excluding hydrogens is 224 g/mol. The topological polar surface area (TPSA) is 56.2 Å². The molecule has 1 aromatic carbocycles. The zero-order chi connectivity index (χ0) is 13.1. The summed E-state index contributed by atoms with van der Waals surface area (Å²) in [5.74, 6) is 0.950. The van der Waals surface area contributed by atoms with Crippen LogP contribution < -0.4 is 5.73 Å². The summed E-state index contributed by atoms with van der Waals surface area (Å²) in [6.07, 6.45) is 3.58. The summed E-state index contributed by atoms with van der Waals surface area (Å²) in [7, 11) is 0. The average Bonchev–Trinajstić information content (AvgIpc) is 2.66. The summed E-state index contributed by atoms with van der Waals surface area (Å²) in [4.78, 5) is 4.09. The van der Waals surface area contributed by atoms with E-state index in [0.717, 1.165) is 11.3 Å². The van der Waals surface area contributed by atoms with Gasteiger partial charge < -0.3 is 5.73 Å². The van der Waals surface area contributed by atoms with Crippen LogP contribution in [0.1, 0.15) is 36.6 Å². The molecule has 0 atom stereocenters. The Morgan fingerprint density at radius 3 is 2.44 bits per heavy atom. The minimum atomic E-state index is 0.405. The Morgan fingerprint density at radius 2 is 1.94 bits per heavy atom. The van der Waals surface area contributed by atoms with E-state index >= 15 is 0 Å². The van der Waals surface area contributed by atoms with Crippen LogP contribution in [0.4, 0.5) is 5.95 Å². The van der Waals surface area contributed by atoms with Gasteiger partial charge in [0.1, 0.15) is 0 Å². The number of rotatable bonds is 3. The standard InChI is InChI=1S/C14H18N4/c1-10(2)13-6-4-12(5-7-13)8-16-18-9-11(3)17-14(18)15/h4-10H,1-3H3,(H2,15,17). The van der Waals surface area contributed by atoms with Gasteiger partial charge in [-0.25, -0.2) is 9.66 Å². The fourth-order valence-electron chi connectivity index (χ4n) is 1.69. The molecule has 18 heavy (non-hydrogen) atoms. The monoisotopic (exact) mass is 242 g/mol. The third-order valence-electron chi connectivity index (χ3n) is 2.77. The zero-order valence-electron chi connectivity index (χ0n) is 11.0. The predicted molar refractivity (Wildman–Crippen MR) is 74.9 cm³/mol. The summed E-state index contributed by atoms with van der Waals surface area (Å²) in [6.45, 7) is 6.25. The third-order valence-corrected chi connectivity index (χ3v) is 2.77. The van der Waals surface area contributed by atoms with Crippen molar-refractivity contribution in [3.8, 4) is 0 Å². The normalized spacial score (nSPS) is 11.6.